The zero-order valence-electron chi connectivity index (χ0n) is 8.16. The molecule has 0 N–H and O–H groups in total. The van der Waals surface area contributed by atoms with Crippen LogP contribution in [-0.2, 0) is 14.4 Å². The van der Waals surface area contributed by atoms with Crippen LogP contribution in [0.1, 0.15) is 13.3 Å². The molecule has 0 aromatic rings. The highest BCUT2D eigenvalue weighted by Crippen LogP contribution is 1.96. The molecule has 88 valence electrons. The van der Waals surface area contributed by atoms with Crippen LogP contribution in [0.15, 0.2) is 0 Å². The van der Waals surface area contributed by atoms with Crippen LogP contribution < -0.4 is 0 Å². The predicted octanol–water partition coefficient (Wildman–Crippen LogP) is 0.198. The zero-order chi connectivity index (χ0) is 11.7. The van der Waals surface area contributed by atoms with Crippen molar-refractivity contribution in [3.8, 4) is 0 Å². The van der Waals surface area contributed by atoms with Crippen molar-refractivity contribution >= 4 is 0 Å². The van der Waals surface area contributed by atoms with Crippen molar-refractivity contribution in [2.24, 2.45) is 0 Å². The van der Waals surface area contributed by atoms with Crippen LogP contribution in [0.4, 0.5) is 0 Å². The van der Waals surface area contributed by atoms with Crippen LogP contribution >= 0.6 is 0 Å². The van der Waals surface area contributed by atoms with Crippen molar-refractivity contribution in [1.82, 2.24) is 0 Å². The highest BCUT2D eigenvalue weighted by molar-refractivity contribution is 4.51. The highest BCUT2D eigenvalue weighted by Gasteiger charge is 2.15. The lowest BCUT2D eigenvalue weighted by atomic mass is 10.4. The van der Waals surface area contributed by atoms with Crippen molar-refractivity contribution in [2.45, 2.75) is 19.4 Å². The van der Waals surface area contributed by atoms with Crippen LogP contribution in [0.3, 0.4) is 0 Å². The maximum absolute atomic E-state index is 9.99. The largest absolute Gasteiger partial charge is 0.379 e. The molecule has 15 heavy (non-hydrogen) atoms. The van der Waals surface area contributed by atoms with Gasteiger partial charge in [0.15, 0.2) is 6.10 Å². The summed E-state index contributed by atoms with van der Waals surface area (Å²) in [6, 6.07) is 0. The van der Waals surface area contributed by atoms with E-state index in [1.54, 1.807) is 0 Å². The van der Waals surface area contributed by atoms with Gasteiger partial charge < -0.3 is 14.4 Å². The molecule has 0 bridgehead atoms. The molecular weight excluding hydrogens is 212 g/mol. The topological polar surface area (TPSA) is 114 Å². The third-order valence-corrected chi connectivity index (χ3v) is 1.25. The second-order valence-electron chi connectivity index (χ2n) is 2.55. The van der Waals surface area contributed by atoms with E-state index < -0.39 is 22.9 Å². The van der Waals surface area contributed by atoms with Crippen molar-refractivity contribution < 1.29 is 24.6 Å². The Kier molecular flexibility index (Phi) is 6.89. The second-order valence-corrected chi connectivity index (χ2v) is 2.55. The molecule has 9 heteroatoms. The molecule has 0 spiro atoms. The first-order valence-corrected chi connectivity index (χ1v) is 4.22. The average Bonchev–Trinajstić information content (AvgIpc) is 2.13. The summed E-state index contributed by atoms with van der Waals surface area (Å²) in [5, 5.41) is 17.7. The van der Waals surface area contributed by atoms with E-state index in [4.69, 9.17) is 4.74 Å². The van der Waals surface area contributed by atoms with E-state index in [0.717, 1.165) is 6.42 Å². The number of ether oxygens (including phenoxy) is 1. The SMILES string of the molecule is CCCOC[C@@H](CO[N+](=O)[O-])O[N+](=O)[O-]. The molecule has 0 aromatic carbocycles. The third kappa shape index (κ3) is 8.68. The number of rotatable bonds is 9. The Bertz CT molecular complexity index is 210. The lowest BCUT2D eigenvalue weighted by Gasteiger charge is -2.13. The molecule has 0 saturated heterocycles. The molecule has 0 radical (unpaired) electrons. The molecule has 0 unspecified atom stereocenters. The Morgan fingerprint density at radius 1 is 1.20 bits per heavy atom. The van der Waals surface area contributed by atoms with E-state index in [1.807, 2.05) is 6.92 Å². The van der Waals surface area contributed by atoms with Gasteiger partial charge in [-0.3, -0.25) is 0 Å². The monoisotopic (exact) mass is 224 g/mol. The van der Waals surface area contributed by atoms with Crippen molar-refractivity contribution in [2.75, 3.05) is 19.8 Å². The van der Waals surface area contributed by atoms with Gasteiger partial charge in [0.25, 0.3) is 10.2 Å². The van der Waals surface area contributed by atoms with Gasteiger partial charge in [0.1, 0.15) is 6.61 Å². The van der Waals surface area contributed by atoms with Gasteiger partial charge in [-0.15, -0.1) is 20.2 Å². The standard InChI is InChI=1S/C6H12N2O7/c1-2-3-13-4-6(15-8(11)12)5-14-7(9)10/h6H,2-5H2,1H3/t6-/m0/s1. The Morgan fingerprint density at radius 3 is 2.33 bits per heavy atom. The normalized spacial score (nSPS) is 11.8. The van der Waals surface area contributed by atoms with Gasteiger partial charge >= 0.3 is 0 Å². The molecule has 0 aliphatic carbocycles. The van der Waals surface area contributed by atoms with Gasteiger partial charge in [-0.1, -0.05) is 6.92 Å². The van der Waals surface area contributed by atoms with Crippen LogP contribution in [0, 0.1) is 20.2 Å². The lowest BCUT2D eigenvalue weighted by Crippen LogP contribution is -2.29. The lowest BCUT2D eigenvalue weighted by molar-refractivity contribution is -0.790. The summed E-state index contributed by atoms with van der Waals surface area (Å²) in [6.07, 6.45) is -0.349. The molecule has 0 amide bonds. The smallest absolute Gasteiger partial charge is 0.294 e. The summed E-state index contributed by atoms with van der Waals surface area (Å²) in [5.41, 5.74) is 0. The maximum atomic E-state index is 9.99. The molecule has 0 rings (SSSR count). The van der Waals surface area contributed by atoms with Crippen LogP contribution in [0.25, 0.3) is 0 Å². The quantitative estimate of drug-likeness (QED) is 0.312. The van der Waals surface area contributed by atoms with Crippen molar-refractivity contribution in [3.63, 3.8) is 0 Å². The van der Waals surface area contributed by atoms with E-state index >= 15 is 0 Å². The summed E-state index contributed by atoms with van der Waals surface area (Å²) >= 11 is 0. The molecule has 1 atom stereocenters. The van der Waals surface area contributed by atoms with E-state index in [9.17, 15) is 20.2 Å². The van der Waals surface area contributed by atoms with Gasteiger partial charge in [-0.05, 0) is 6.42 Å². The van der Waals surface area contributed by atoms with E-state index in [1.165, 1.54) is 0 Å². The first kappa shape index (κ1) is 13.4. The number of hydrogen-bond donors (Lipinski definition) is 0. The number of nitrogens with zero attached hydrogens (tertiary/aromatic N) is 2. The van der Waals surface area contributed by atoms with Crippen LogP contribution in [-0.4, -0.2) is 36.1 Å². The van der Waals surface area contributed by atoms with E-state index in [0.29, 0.717) is 6.61 Å². The Balaban J connectivity index is 3.83. The van der Waals surface area contributed by atoms with Gasteiger partial charge in [-0.2, -0.15) is 0 Å². The molecule has 0 aliphatic heterocycles. The van der Waals surface area contributed by atoms with Gasteiger partial charge in [0.2, 0.25) is 0 Å². The first-order chi connectivity index (χ1) is 7.06. The molecule has 0 fully saturated rings. The summed E-state index contributed by atoms with van der Waals surface area (Å²) in [4.78, 5) is 27.9. The summed E-state index contributed by atoms with van der Waals surface area (Å²) in [7, 11) is 0. The molecule has 0 saturated carbocycles. The third-order valence-electron chi connectivity index (χ3n) is 1.25. The second kappa shape index (κ2) is 7.74. The predicted molar refractivity (Wildman–Crippen MR) is 45.9 cm³/mol. The number of hydrogen-bond acceptors (Lipinski definition) is 7. The average molecular weight is 224 g/mol. The molecule has 0 aliphatic rings. The summed E-state index contributed by atoms with van der Waals surface area (Å²) in [5.74, 6) is 0. The van der Waals surface area contributed by atoms with Gasteiger partial charge in [0.05, 0.1) is 6.61 Å². The maximum Gasteiger partial charge on any atom is 0.294 e. The van der Waals surface area contributed by atoms with E-state index in [-0.39, 0.29) is 6.61 Å². The fourth-order valence-electron chi connectivity index (χ4n) is 0.734. The minimum atomic E-state index is -1.09. The van der Waals surface area contributed by atoms with Crippen molar-refractivity contribution in [1.29, 1.82) is 0 Å². The van der Waals surface area contributed by atoms with Gasteiger partial charge in [-0.25, -0.2) is 0 Å². The zero-order valence-corrected chi connectivity index (χ0v) is 8.16. The minimum Gasteiger partial charge on any atom is -0.379 e. The van der Waals surface area contributed by atoms with Crippen LogP contribution in [0.5, 0.6) is 0 Å². The molecule has 9 nitrogen and oxygen atoms in total. The van der Waals surface area contributed by atoms with Crippen LogP contribution in [0.2, 0.25) is 0 Å². The van der Waals surface area contributed by atoms with E-state index in [2.05, 4.69) is 9.68 Å². The Labute approximate surface area is 85.1 Å². The molecule has 0 aromatic heterocycles. The molecular formula is C6H12N2O7. The Morgan fingerprint density at radius 2 is 1.87 bits per heavy atom. The fourth-order valence-corrected chi connectivity index (χ4v) is 0.734. The highest BCUT2D eigenvalue weighted by atomic mass is 17.0. The fraction of sp³-hybridized carbons (Fsp3) is 1.00. The van der Waals surface area contributed by atoms with Crippen molar-refractivity contribution in [3.05, 3.63) is 20.2 Å². The Hall–Kier alpha value is -1.64. The van der Waals surface area contributed by atoms with Gasteiger partial charge in [0, 0.05) is 6.61 Å². The summed E-state index contributed by atoms with van der Waals surface area (Å²) < 4.78 is 4.95. The molecule has 0 heterocycles. The first-order valence-electron chi connectivity index (χ1n) is 4.22. The summed E-state index contributed by atoms with van der Waals surface area (Å²) in [6.45, 7) is 1.60. The minimum absolute atomic E-state index is 0.122.